The SMILES string of the molecule is CN1C(=O)C2=C(C1=O)c1cn(c3ncccc13)CCOCCOCCn1cc2c2ccccc21. The highest BCUT2D eigenvalue weighted by Gasteiger charge is 2.39. The minimum absolute atomic E-state index is 0.298. The number of hydrogen-bond donors (Lipinski definition) is 0. The van der Waals surface area contributed by atoms with Crippen LogP contribution in [0.1, 0.15) is 11.1 Å². The Kier molecular flexibility index (Phi) is 5.04. The molecule has 0 unspecified atom stereocenters. The van der Waals surface area contributed by atoms with Crippen molar-refractivity contribution in [3.8, 4) is 0 Å². The molecular weight excluding hydrogens is 432 g/mol. The molecule has 0 fully saturated rings. The van der Waals surface area contributed by atoms with Crippen molar-refractivity contribution in [1.29, 1.82) is 0 Å². The van der Waals surface area contributed by atoms with Crippen molar-refractivity contribution in [2.75, 3.05) is 33.5 Å². The molecule has 0 atom stereocenters. The van der Waals surface area contributed by atoms with Gasteiger partial charge in [-0.05, 0) is 18.2 Å². The van der Waals surface area contributed by atoms with Gasteiger partial charge in [0.2, 0.25) is 0 Å². The largest absolute Gasteiger partial charge is 0.377 e. The lowest BCUT2D eigenvalue weighted by Gasteiger charge is -2.09. The van der Waals surface area contributed by atoms with Gasteiger partial charge in [0.15, 0.2) is 0 Å². The number of hydrogen-bond acceptors (Lipinski definition) is 5. The van der Waals surface area contributed by atoms with E-state index in [1.54, 1.807) is 13.2 Å². The van der Waals surface area contributed by atoms with E-state index in [-0.39, 0.29) is 11.8 Å². The molecule has 172 valence electrons. The zero-order valence-corrected chi connectivity index (χ0v) is 18.9. The number of imide groups is 1. The minimum atomic E-state index is -0.305. The molecule has 0 N–H and O–H groups in total. The molecule has 5 heterocycles. The summed E-state index contributed by atoms with van der Waals surface area (Å²) in [5.74, 6) is -0.603. The van der Waals surface area contributed by atoms with E-state index >= 15 is 0 Å². The predicted molar refractivity (Wildman–Crippen MR) is 128 cm³/mol. The van der Waals surface area contributed by atoms with Crippen LogP contribution >= 0.6 is 0 Å². The summed E-state index contributed by atoms with van der Waals surface area (Å²) in [4.78, 5) is 32.7. The third-order valence-corrected chi connectivity index (χ3v) is 6.57. The van der Waals surface area contributed by atoms with Crippen molar-refractivity contribution in [1.82, 2.24) is 19.0 Å². The first-order chi connectivity index (χ1) is 16.6. The molecule has 8 heteroatoms. The number of para-hydroxylation sites is 1. The molecule has 4 bridgehead atoms. The molecule has 3 aromatic heterocycles. The van der Waals surface area contributed by atoms with Gasteiger partial charge >= 0.3 is 0 Å². The summed E-state index contributed by atoms with van der Waals surface area (Å²) in [5.41, 5.74) is 4.06. The highest BCUT2D eigenvalue weighted by Crippen LogP contribution is 2.41. The standard InChI is InChI=1S/C26H24N4O4/c1-28-25(31)22-19-15-29(21-7-3-2-5-17(19)21)9-11-33-13-14-34-12-10-30-16-20(23(22)26(28)32)18-6-4-8-27-24(18)30/h2-8,15-16H,9-14H2,1H3. The van der Waals surface area contributed by atoms with Crippen LogP contribution in [0, 0.1) is 0 Å². The minimum Gasteiger partial charge on any atom is -0.377 e. The second-order valence-electron chi connectivity index (χ2n) is 8.51. The van der Waals surface area contributed by atoms with E-state index in [0.717, 1.165) is 27.5 Å². The summed E-state index contributed by atoms with van der Waals surface area (Å²) in [7, 11) is 1.54. The molecule has 0 radical (unpaired) electrons. The van der Waals surface area contributed by atoms with Crippen LogP contribution in [0.3, 0.4) is 0 Å². The van der Waals surface area contributed by atoms with E-state index in [9.17, 15) is 9.59 Å². The van der Waals surface area contributed by atoms with Gasteiger partial charge < -0.3 is 18.6 Å². The molecule has 0 aliphatic carbocycles. The highest BCUT2D eigenvalue weighted by molar-refractivity contribution is 6.50. The Bertz CT molecular complexity index is 1370. The summed E-state index contributed by atoms with van der Waals surface area (Å²) in [6.07, 6.45) is 5.62. The van der Waals surface area contributed by atoms with E-state index in [4.69, 9.17) is 9.47 Å². The number of likely N-dealkylation sites (N-methyl/N-ethyl adjacent to an activating group) is 1. The maximum absolute atomic E-state index is 13.5. The first-order valence-electron chi connectivity index (χ1n) is 11.4. The van der Waals surface area contributed by atoms with Gasteiger partial charge in [-0.3, -0.25) is 14.5 Å². The van der Waals surface area contributed by atoms with Gasteiger partial charge in [-0.25, -0.2) is 4.98 Å². The summed E-state index contributed by atoms with van der Waals surface area (Å²) in [5, 5.41) is 1.77. The van der Waals surface area contributed by atoms with Gasteiger partial charge in [-0.1, -0.05) is 18.2 Å². The molecule has 2 amide bonds. The lowest BCUT2D eigenvalue weighted by Crippen LogP contribution is -2.26. The van der Waals surface area contributed by atoms with E-state index in [1.165, 1.54) is 4.90 Å². The van der Waals surface area contributed by atoms with Crippen LogP contribution in [-0.2, 0) is 32.2 Å². The van der Waals surface area contributed by atoms with Gasteiger partial charge in [-0.15, -0.1) is 0 Å². The van der Waals surface area contributed by atoms with Crippen LogP contribution in [0.4, 0.5) is 0 Å². The van der Waals surface area contributed by atoms with Crippen molar-refractivity contribution in [2.45, 2.75) is 13.1 Å². The van der Waals surface area contributed by atoms with Crippen LogP contribution in [0.2, 0.25) is 0 Å². The maximum atomic E-state index is 13.5. The number of amides is 2. The number of carbonyl (C=O) groups excluding carboxylic acids is 2. The third-order valence-electron chi connectivity index (χ3n) is 6.57. The molecule has 0 saturated heterocycles. The molecule has 2 aliphatic rings. The quantitative estimate of drug-likeness (QED) is 0.380. The van der Waals surface area contributed by atoms with Crippen molar-refractivity contribution in [3.05, 3.63) is 66.1 Å². The number of carbonyl (C=O) groups is 2. The van der Waals surface area contributed by atoms with Crippen LogP contribution in [0.15, 0.2) is 55.0 Å². The number of aromatic nitrogens is 3. The number of ether oxygens (including phenoxy) is 2. The van der Waals surface area contributed by atoms with Gasteiger partial charge in [0, 0.05) is 66.1 Å². The number of rotatable bonds is 0. The molecule has 0 spiro atoms. The lowest BCUT2D eigenvalue weighted by molar-refractivity contribution is -0.134. The van der Waals surface area contributed by atoms with Crippen molar-refractivity contribution in [3.63, 3.8) is 0 Å². The van der Waals surface area contributed by atoms with Crippen LogP contribution in [-0.4, -0.2) is 64.3 Å². The first-order valence-corrected chi connectivity index (χ1v) is 11.4. The average molecular weight is 457 g/mol. The van der Waals surface area contributed by atoms with Gasteiger partial charge in [0.1, 0.15) is 5.65 Å². The fourth-order valence-electron chi connectivity index (χ4n) is 4.91. The first kappa shape index (κ1) is 20.8. The van der Waals surface area contributed by atoms with Crippen LogP contribution < -0.4 is 0 Å². The van der Waals surface area contributed by atoms with Crippen LogP contribution in [0.5, 0.6) is 0 Å². The Morgan fingerprint density at radius 2 is 1.38 bits per heavy atom. The summed E-state index contributed by atoms with van der Waals surface area (Å²) in [6.45, 7) is 3.23. The normalized spacial score (nSPS) is 17.7. The second-order valence-corrected chi connectivity index (χ2v) is 8.51. The molecule has 1 aromatic carbocycles. The van der Waals surface area contributed by atoms with E-state index in [2.05, 4.69) is 9.55 Å². The average Bonchev–Trinajstić information content (AvgIpc) is 3.47. The van der Waals surface area contributed by atoms with E-state index in [1.807, 2.05) is 53.4 Å². The second kappa shape index (κ2) is 8.23. The Labute approximate surface area is 196 Å². The molecule has 4 aromatic rings. The maximum Gasteiger partial charge on any atom is 0.261 e. The monoisotopic (exact) mass is 456 g/mol. The number of fused-ring (bicyclic) bond motifs is 12. The zero-order valence-electron chi connectivity index (χ0n) is 18.9. The van der Waals surface area contributed by atoms with E-state index < -0.39 is 0 Å². The van der Waals surface area contributed by atoms with Crippen molar-refractivity contribution in [2.24, 2.45) is 0 Å². The highest BCUT2D eigenvalue weighted by atomic mass is 16.5. The smallest absolute Gasteiger partial charge is 0.261 e. The van der Waals surface area contributed by atoms with Crippen molar-refractivity contribution >= 4 is 44.9 Å². The van der Waals surface area contributed by atoms with Crippen molar-refractivity contribution < 1.29 is 19.1 Å². The Balaban J connectivity index is 1.66. The van der Waals surface area contributed by atoms with Crippen LogP contribution in [0.25, 0.3) is 33.1 Å². The summed E-state index contributed by atoms with van der Waals surface area (Å²) >= 11 is 0. The Hall–Kier alpha value is -3.75. The van der Waals surface area contributed by atoms with E-state index in [0.29, 0.717) is 56.2 Å². The Morgan fingerprint density at radius 1 is 0.765 bits per heavy atom. The topological polar surface area (TPSA) is 78.6 Å². The molecule has 2 aliphatic heterocycles. The molecule has 34 heavy (non-hydrogen) atoms. The number of pyridine rings is 1. The number of nitrogens with zero attached hydrogens (tertiary/aromatic N) is 4. The zero-order chi connectivity index (χ0) is 23.2. The molecular formula is C26H24N4O4. The Morgan fingerprint density at radius 3 is 2.15 bits per heavy atom. The van der Waals surface area contributed by atoms with Gasteiger partial charge in [0.25, 0.3) is 11.8 Å². The predicted octanol–water partition coefficient (Wildman–Crippen LogP) is 2.95. The molecule has 8 nitrogen and oxygen atoms in total. The fourth-order valence-corrected chi connectivity index (χ4v) is 4.91. The van der Waals surface area contributed by atoms with Gasteiger partial charge in [0.05, 0.1) is 37.6 Å². The molecule has 6 rings (SSSR count). The lowest BCUT2D eigenvalue weighted by atomic mass is 9.96. The third kappa shape index (κ3) is 3.18. The van der Waals surface area contributed by atoms with Gasteiger partial charge in [-0.2, -0.15) is 0 Å². The molecule has 0 saturated carbocycles. The summed E-state index contributed by atoms with van der Waals surface area (Å²) in [6, 6.07) is 11.7. The summed E-state index contributed by atoms with van der Waals surface area (Å²) < 4.78 is 15.6. The fraction of sp³-hybridized carbons (Fsp3) is 0.269. The number of benzene rings is 1.